The maximum absolute atomic E-state index is 17.4. The van der Waals surface area contributed by atoms with Gasteiger partial charge in [-0.1, -0.05) is 33.8 Å². The van der Waals surface area contributed by atoms with Gasteiger partial charge in [-0.3, -0.25) is 19.2 Å². The number of halogens is 2. The van der Waals surface area contributed by atoms with E-state index in [1.165, 1.54) is 19.1 Å². The van der Waals surface area contributed by atoms with Gasteiger partial charge in [0.25, 0.3) is 0 Å². The van der Waals surface area contributed by atoms with Gasteiger partial charge in [-0.15, -0.1) is 0 Å². The van der Waals surface area contributed by atoms with Gasteiger partial charge in [0.1, 0.15) is 6.17 Å². The van der Waals surface area contributed by atoms with E-state index >= 15 is 8.78 Å². The van der Waals surface area contributed by atoms with Crippen molar-refractivity contribution in [2.75, 3.05) is 6.61 Å². The molecule has 0 aromatic heterocycles. The summed E-state index contributed by atoms with van der Waals surface area (Å²) in [5.41, 5.74) is -6.83. The van der Waals surface area contributed by atoms with Crippen LogP contribution in [0.25, 0.3) is 0 Å². The molecule has 7 nitrogen and oxygen atoms in total. The number of alkyl halides is 2. The van der Waals surface area contributed by atoms with Gasteiger partial charge in [0.05, 0.1) is 6.10 Å². The van der Waals surface area contributed by atoms with Crippen LogP contribution in [0.4, 0.5) is 8.78 Å². The molecule has 216 valence electrons. The van der Waals surface area contributed by atoms with Crippen LogP contribution in [0.15, 0.2) is 23.8 Å². The molecule has 0 aliphatic heterocycles. The Morgan fingerprint density at radius 1 is 1.18 bits per heavy atom. The van der Waals surface area contributed by atoms with Gasteiger partial charge >= 0.3 is 11.9 Å². The minimum absolute atomic E-state index is 0.0168. The first-order valence-electron chi connectivity index (χ1n) is 14.0. The van der Waals surface area contributed by atoms with E-state index in [1.54, 1.807) is 13.8 Å². The average Bonchev–Trinajstić information content (AvgIpc) is 3.12. The zero-order valence-electron chi connectivity index (χ0n) is 23.4. The predicted molar refractivity (Wildman–Crippen MR) is 138 cm³/mol. The lowest BCUT2D eigenvalue weighted by molar-refractivity contribution is -0.229. The van der Waals surface area contributed by atoms with E-state index in [-0.39, 0.29) is 50.0 Å². The molecule has 3 fully saturated rings. The van der Waals surface area contributed by atoms with E-state index in [4.69, 9.17) is 9.47 Å². The fraction of sp³-hybridized carbons (Fsp3) is 0.733. The number of fused-ring (bicyclic) bond motifs is 5. The molecule has 0 radical (unpaired) electrons. The van der Waals surface area contributed by atoms with Crippen molar-refractivity contribution in [1.82, 2.24) is 0 Å². The van der Waals surface area contributed by atoms with Gasteiger partial charge in [-0.05, 0) is 68.6 Å². The maximum Gasteiger partial charge on any atom is 0.306 e. The Balaban J connectivity index is 1.74. The highest BCUT2D eigenvalue weighted by Gasteiger charge is 2.76. The highest BCUT2D eigenvalue weighted by Crippen LogP contribution is 2.70. The van der Waals surface area contributed by atoms with E-state index in [0.717, 1.165) is 6.08 Å². The molecule has 4 aliphatic carbocycles. The van der Waals surface area contributed by atoms with Crippen LogP contribution in [-0.2, 0) is 28.7 Å². The van der Waals surface area contributed by atoms with Gasteiger partial charge in [0.2, 0.25) is 5.78 Å². The molecule has 8 atom stereocenters. The van der Waals surface area contributed by atoms with Gasteiger partial charge in [-0.2, -0.15) is 0 Å². The smallest absolute Gasteiger partial charge is 0.306 e. The first kappa shape index (κ1) is 29.6. The van der Waals surface area contributed by atoms with Gasteiger partial charge < -0.3 is 14.6 Å². The van der Waals surface area contributed by atoms with Gasteiger partial charge in [0, 0.05) is 29.6 Å². The van der Waals surface area contributed by atoms with Crippen molar-refractivity contribution in [2.24, 2.45) is 28.6 Å². The summed E-state index contributed by atoms with van der Waals surface area (Å²) < 4.78 is 44.2. The number of carbonyl (C=O) groups is 4. The number of Topliss-reactive ketones (excluding diaryl/α,β-unsaturated/α-hetero) is 1. The SMILES string of the molecule is CCCC(=O)O[C@]1(C(=O)COC(=O)CC(C)C)CC[C@H]2[C@@H]3C[C@H](F)C4=CC(=O)C=C[C@]4(C)[C@@]3(F)[C@@H](O)C[C@@]21C. The largest absolute Gasteiger partial charge is 0.457 e. The zero-order chi connectivity index (χ0) is 29.0. The molecule has 0 saturated heterocycles. The Bertz CT molecular complexity index is 1110. The van der Waals surface area contributed by atoms with Crippen molar-refractivity contribution >= 4 is 23.5 Å². The molecule has 0 amide bonds. The zero-order valence-corrected chi connectivity index (χ0v) is 23.4. The molecule has 0 aromatic rings. The fourth-order valence-corrected chi connectivity index (χ4v) is 7.98. The molecule has 39 heavy (non-hydrogen) atoms. The Morgan fingerprint density at radius 3 is 2.51 bits per heavy atom. The van der Waals surface area contributed by atoms with Crippen LogP contribution in [-0.4, -0.2) is 58.8 Å². The van der Waals surface area contributed by atoms with Crippen molar-refractivity contribution in [3.8, 4) is 0 Å². The summed E-state index contributed by atoms with van der Waals surface area (Å²) in [6.07, 6.45) is 0.908. The molecular formula is C30H40F2O7. The lowest BCUT2D eigenvalue weighted by Gasteiger charge is -2.63. The number of aliphatic hydroxyl groups excluding tert-OH is 1. The molecule has 0 heterocycles. The number of esters is 2. The quantitative estimate of drug-likeness (QED) is 0.442. The van der Waals surface area contributed by atoms with Crippen LogP contribution in [0, 0.1) is 28.6 Å². The molecule has 0 spiro atoms. The number of allylic oxidation sites excluding steroid dienone is 4. The molecule has 1 N–H and O–H groups in total. The monoisotopic (exact) mass is 550 g/mol. The van der Waals surface area contributed by atoms with Crippen LogP contribution in [0.5, 0.6) is 0 Å². The molecule has 9 heteroatoms. The van der Waals surface area contributed by atoms with Crippen molar-refractivity contribution in [1.29, 1.82) is 0 Å². The summed E-state index contributed by atoms with van der Waals surface area (Å²) in [7, 11) is 0. The topological polar surface area (TPSA) is 107 Å². The lowest BCUT2D eigenvalue weighted by atomic mass is 9.44. The molecule has 0 bridgehead atoms. The number of carbonyl (C=O) groups excluding carboxylic acids is 4. The van der Waals surface area contributed by atoms with Crippen molar-refractivity contribution in [3.63, 3.8) is 0 Å². The summed E-state index contributed by atoms with van der Waals surface area (Å²) >= 11 is 0. The summed E-state index contributed by atoms with van der Waals surface area (Å²) in [6, 6.07) is 0. The van der Waals surface area contributed by atoms with E-state index in [1.807, 2.05) is 13.8 Å². The molecule has 4 aliphatic rings. The van der Waals surface area contributed by atoms with E-state index < -0.39 is 76.3 Å². The third-order valence-corrected chi connectivity index (χ3v) is 9.88. The third-order valence-electron chi connectivity index (χ3n) is 9.88. The number of hydrogen-bond acceptors (Lipinski definition) is 7. The molecule has 4 rings (SSSR count). The Hall–Kier alpha value is -2.42. The summed E-state index contributed by atoms with van der Waals surface area (Å²) in [5.74, 6) is -3.81. The highest BCUT2D eigenvalue weighted by atomic mass is 19.1. The first-order chi connectivity index (χ1) is 18.2. The summed E-state index contributed by atoms with van der Waals surface area (Å²) in [5, 5.41) is 11.5. The fourth-order valence-electron chi connectivity index (χ4n) is 7.98. The minimum atomic E-state index is -2.31. The second-order valence-electron chi connectivity index (χ2n) is 12.6. The number of aliphatic hydroxyl groups is 1. The van der Waals surface area contributed by atoms with Gasteiger partial charge in [-0.25, -0.2) is 8.78 Å². The molecule has 0 unspecified atom stereocenters. The Labute approximate surface area is 228 Å². The van der Waals surface area contributed by atoms with Crippen LogP contribution >= 0.6 is 0 Å². The molecule has 3 saturated carbocycles. The van der Waals surface area contributed by atoms with E-state index in [2.05, 4.69) is 0 Å². The minimum Gasteiger partial charge on any atom is -0.457 e. The van der Waals surface area contributed by atoms with Crippen LogP contribution in [0.3, 0.4) is 0 Å². The normalized spacial score (nSPS) is 40.8. The first-order valence-corrected chi connectivity index (χ1v) is 14.0. The van der Waals surface area contributed by atoms with E-state index in [0.29, 0.717) is 6.42 Å². The maximum atomic E-state index is 17.4. The molecule has 0 aromatic carbocycles. The Kier molecular flexibility index (Phi) is 7.73. The average molecular weight is 551 g/mol. The standard InChI is InChI=1S/C30H40F2O7/c1-6-7-25(36)39-29(24(35)16-38-26(37)12-17(2)3)11-9-19-20-14-22(31)21-13-18(33)8-10-27(21,4)30(20,32)23(34)15-28(19,29)5/h8,10,13,17,19-20,22-23,34H,6-7,9,11-12,14-16H2,1-5H3/t19-,20-,22-,23-,27-,28-,29-,30-/m0/s1. The third kappa shape index (κ3) is 4.39. The van der Waals surface area contributed by atoms with Crippen molar-refractivity contribution < 1.29 is 42.5 Å². The number of hydrogen-bond donors (Lipinski definition) is 1. The van der Waals surface area contributed by atoms with Crippen molar-refractivity contribution in [3.05, 3.63) is 23.8 Å². The van der Waals surface area contributed by atoms with Crippen molar-refractivity contribution in [2.45, 2.75) is 103 Å². The molecular weight excluding hydrogens is 510 g/mol. The second kappa shape index (κ2) is 10.2. The Morgan fingerprint density at radius 2 is 1.87 bits per heavy atom. The number of rotatable bonds is 8. The van der Waals surface area contributed by atoms with Crippen LogP contribution in [0.2, 0.25) is 0 Å². The van der Waals surface area contributed by atoms with Crippen LogP contribution in [0.1, 0.15) is 79.6 Å². The summed E-state index contributed by atoms with van der Waals surface area (Å²) in [6.45, 7) is 8.06. The summed E-state index contributed by atoms with van der Waals surface area (Å²) in [4.78, 5) is 50.9. The van der Waals surface area contributed by atoms with Crippen LogP contribution < -0.4 is 0 Å². The number of ether oxygens (including phenoxy) is 2. The second-order valence-corrected chi connectivity index (χ2v) is 12.6. The number of ketones is 2. The predicted octanol–water partition coefficient (Wildman–Crippen LogP) is 4.55. The van der Waals surface area contributed by atoms with Gasteiger partial charge in [0.15, 0.2) is 23.7 Å². The lowest BCUT2D eigenvalue weighted by Crippen LogP contribution is -2.70. The highest BCUT2D eigenvalue weighted by molar-refractivity contribution is 6.01. The van der Waals surface area contributed by atoms with E-state index in [9.17, 15) is 24.3 Å².